The molecule has 14 heteroatoms. The van der Waals surface area contributed by atoms with Crippen LogP contribution in [-0.4, -0.2) is 41.8 Å². The van der Waals surface area contributed by atoms with Crippen molar-refractivity contribution in [2.24, 2.45) is 5.92 Å². The van der Waals surface area contributed by atoms with E-state index in [0.717, 1.165) is 13.2 Å². The van der Waals surface area contributed by atoms with Crippen LogP contribution in [-0.2, 0) is 9.53 Å². The van der Waals surface area contributed by atoms with Gasteiger partial charge in [-0.1, -0.05) is 13.8 Å². The first-order valence-electron chi connectivity index (χ1n) is 7.01. The molecule has 156 valence electrons. The molecule has 0 aliphatic heterocycles. The number of hydrogen-bond donors (Lipinski definition) is 0. The van der Waals surface area contributed by atoms with Gasteiger partial charge in [-0.25, -0.2) is 4.39 Å². The van der Waals surface area contributed by atoms with Gasteiger partial charge in [0, 0.05) is 6.07 Å². The molecule has 1 aromatic rings. The Labute approximate surface area is 151 Å². The van der Waals surface area contributed by atoms with E-state index in [1.54, 1.807) is 13.8 Å². The lowest BCUT2D eigenvalue weighted by molar-refractivity contribution is -0.359. The van der Waals surface area contributed by atoms with E-state index in [0.29, 0.717) is 0 Å². The molecule has 2 unspecified atom stereocenters. The summed E-state index contributed by atoms with van der Waals surface area (Å²) in [6.45, 7) is 3.19. The van der Waals surface area contributed by atoms with Gasteiger partial charge < -0.3 is 13.4 Å². The highest BCUT2D eigenvalue weighted by atomic mass is 32.2. The average Bonchev–Trinajstić information content (AvgIpc) is 2.99. The summed E-state index contributed by atoms with van der Waals surface area (Å²) in [6.07, 6.45) is -6.67. The largest absolute Gasteiger partial charge is 0.468 e. The van der Waals surface area contributed by atoms with E-state index >= 15 is 0 Å². The second-order valence-electron chi connectivity index (χ2n) is 5.50. The molecule has 0 amide bonds. The summed E-state index contributed by atoms with van der Waals surface area (Å²) in [5, 5.41) is 3.15. The smallest absolute Gasteiger partial charge is 0.460 e. The number of hydrogen-bond acceptors (Lipinski definition) is 6. The van der Waals surface area contributed by atoms with Crippen LogP contribution in [0, 0.1) is 5.92 Å². The Hall–Kier alpha value is -1.73. The van der Waals surface area contributed by atoms with Crippen molar-refractivity contribution in [2.45, 2.75) is 43.3 Å². The highest BCUT2D eigenvalue weighted by Crippen LogP contribution is 2.51. The van der Waals surface area contributed by atoms with Crippen LogP contribution in [0.3, 0.4) is 0 Å². The van der Waals surface area contributed by atoms with Gasteiger partial charge in [0.1, 0.15) is 18.0 Å². The molecule has 0 radical (unpaired) electrons. The zero-order valence-corrected chi connectivity index (χ0v) is 14.6. The molecule has 27 heavy (non-hydrogen) atoms. The Balaban J connectivity index is 2.88. The first-order chi connectivity index (χ1) is 12.2. The van der Waals surface area contributed by atoms with Gasteiger partial charge in [0.05, 0.1) is 7.11 Å². The van der Waals surface area contributed by atoms with Crippen molar-refractivity contribution in [2.75, 3.05) is 7.11 Å². The number of halogens is 8. The maximum atomic E-state index is 13.3. The van der Waals surface area contributed by atoms with Gasteiger partial charge in [0.15, 0.2) is 5.76 Å². The zero-order valence-electron chi connectivity index (χ0n) is 13.8. The fourth-order valence-corrected chi connectivity index (χ4v) is 2.32. The molecule has 5 nitrogen and oxygen atoms in total. The minimum Gasteiger partial charge on any atom is -0.468 e. The fourth-order valence-electron chi connectivity index (χ4n) is 1.79. The third-order valence-corrected chi connectivity index (χ3v) is 3.94. The summed E-state index contributed by atoms with van der Waals surface area (Å²) < 4.78 is 115. The minimum atomic E-state index is -6.67. The van der Waals surface area contributed by atoms with E-state index < -0.39 is 53.3 Å². The number of esters is 1. The number of methoxy groups -OCH3 is 1. The van der Waals surface area contributed by atoms with Gasteiger partial charge in [-0.05, 0) is 11.1 Å². The highest BCUT2D eigenvalue weighted by Gasteiger charge is 2.76. The second kappa shape index (κ2) is 8.10. The molecule has 0 aliphatic carbocycles. The monoisotopic (exact) mass is 431 g/mol. The van der Waals surface area contributed by atoms with Gasteiger partial charge in [-0.3, -0.25) is 4.79 Å². The molecule has 0 fully saturated rings. The molecule has 0 saturated heterocycles. The van der Waals surface area contributed by atoms with Gasteiger partial charge in [0.25, 0.3) is 11.4 Å². The third kappa shape index (κ3) is 4.76. The van der Waals surface area contributed by atoms with Crippen LogP contribution in [0.2, 0.25) is 0 Å². The van der Waals surface area contributed by atoms with Crippen molar-refractivity contribution in [3.8, 4) is 5.88 Å². The molecule has 0 aromatic carbocycles. The molecule has 0 saturated carbocycles. The summed E-state index contributed by atoms with van der Waals surface area (Å²) in [7, 11) is 1.08. The molecule has 0 spiro atoms. The predicted octanol–water partition coefficient (Wildman–Crippen LogP) is 4.74. The summed E-state index contributed by atoms with van der Waals surface area (Å²) in [5.74, 6) is -15.8. The molecule has 1 rings (SSSR count). The van der Waals surface area contributed by atoms with Crippen molar-refractivity contribution in [1.82, 2.24) is 5.16 Å². The van der Waals surface area contributed by atoms with E-state index in [1.807, 2.05) is 0 Å². The van der Waals surface area contributed by atoms with Crippen LogP contribution < -0.4 is 4.18 Å². The van der Waals surface area contributed by atoms with Crippen LogP contribution in [0.1, 0.15) is 25.5 Å². The van der Waals surface area contributed by atoms with Crippen molar-refractivity contribution < 1.29 is 53.4 Å². The van der Waals surface area contributed by atoms with Crippen molar-refractivity contribution in [3.63, 3.8) is 0 Å². The number of nitrogens with zero attached hydrogens (tertiary/aromatic N) is 1. The summed E-state index contributed by atoms with van der Waals surface area (Å²) in [5.41, 5.74) is -4.09. The minimum absolute atomic E-state index is 0.171. The van der Waals surface area contributed by atoms with Crippen molar-refractivity contribution in [3.05, 3.63) is 11.8 Å². The van der Waals surface area contributed by atoms with Gasteiger partial charge >= 0.3 is 24.0 Å². The lowest BCUT2D eigenvalue weighted by Gasteiger charge is -2.29. The number of rotatable bonds is 8. The van der Waals surface area contributed by atoms with E-state index in [4.69, 9.17) is 4.52 Å². The van der Waals surface area contributed by atoms with Crippen LogP contribution in [0.25, 0.3) is 0 Å². The van der Waals surface area contributed by atoms with E-state index in [-0.39, 0.29) is 11.7 Å². The molecule has 0 N–H and O–H groups in total. The zero-order chi connectivity index (χ0) is 21.2. The lowest BCUT2D eigenvalue weighted by atomic mass is 9.93. The van der Waals surface area contributed by atoms with E-state index in [9.17, 15) is 39.9 Å². The number of aromatic nitrogens is 1. The van der Waals surface area contributed by atoms with Crippen LogP contribution in [0.5, 0.6) is 5.88 Å². The van der Waals surface area contributed by atoms with E-state index in [1.165, 1.54) is 0 Å². The Morgan fingerprint density at radius 3 is 2.19 bits per heavy atom. The lowest BCUT2D eigenvalue weighted by Crippen LogP contribution is -2.56. The Morgan fingerprint density at radius 1 is 1.19 bits per heavy atom. The molecule has 1 heterocycles. The maximum Gasteiger partial charge on any atom is 0.460 e. The number of ether oxygens (including phenoxy) is 1. The summed E-state index contributed by atoms with van der Waals surface area (Å²) in [4.78, 5) is 11.7. The van der Waals surface area contributed by atoms with Gasteiger partial charge in [-0.15, -0.1) is 0 Å². The summed E-state index contributed by atoms with van der Waals surface area (Å²) in [6, 6.07) is 0.862. The SMILES string of the molecule is COC(=O)C(c1cc(OSC(F)C(F)(F)C(F)(F)C(F)(F)F)no1)C(C)C. The number of alkyl halides is 8. The molecule has 1 aromatic heterocycles. The molecular formula is C13H13F8NO4S. The average molecular weight is 431 g/mol. The van der Waals surface area contributed by atoms with Crippen LogP contribution in [0.15, 0.2) is 10.6 Å². The predicted molar refractivity (Wildman–Crippen MR) is 75.2 cm³/mol. The Morgan fingerprint density at radius 2 is 1.74 bits per heavy atom. The topological polar surface area (TPSA) is 61.6 Å². The second-order valence-corrected chi connectivity index (χ2v) is 6.28. The molecule has 2 atom stereocenters. The van der Waals surface area contributed by atoms with Crippen molar-refractivity contribution in [1.29, 1.82) is 0 Å². The summed E-state index contributed by atoms with van der Waals surface area (Å²) >= 11 is -1.01. The standard InChI is InChI=1S/C13H13F8NO4S/c1-5(2)8(9(23)24-3)6-4-7(22-25-6)26-27-10(14)11(15,16)12(17,18)13(19,20)21/h4-5,8,10H,1-3H3. The first kappa shape index (κ1) is 23.3. The number of carbonyl (C=O) groups is 1. The van der Waals surface area contributed by atoms with E-state index in [2.05, 4.69) is 14.1 Å². The quantitative estimate of drug-likeness (QED) is 0.337. The maximum absolute atomic E-state index is 13.3. The molecular weight excluding hydrogens is 418 g/mol. The fraction of sp³-hybridized carbons (Fsp3) is 0.692. The first-order valence-corrected chi connectivity index (χ1v) is 7.81. The Kier molecular flexibility index (Phi) is 7.00. The number of carbonyl (C=O) groups excluding carboxylic acids is 1. The van der Waals surface area contributed by atoms with Gasteiger partial charge in [0.2, 0.25) is 0 Å². The van der Waals surface area contributed by atoms with Gasteiger partial charge in [-0.2, -0.15) is 30.7 Å². The van der Waals surface area contributed by atoms with Crippen LogP contribution in [0.4, 0.5) is 35.1 Å². The Bertz CT molecular complexity index is 649. The highest BCUT2D eigenvalue weighted by molar-refractivity contribution is 7.95. The normalized spacial score (nSPS) is 15.6. The molecule has 0 aliphatic rings. The van der Waals surface area contributed by atoms with Crippen molar-refractivity contribution >= 4 is 18.0 Å². The third-order valence-electron chi connectivity index (χ3n) is 3.21. The van der Waals surface area contributed by atoms with Crippen LogP contribution >= 0.6 is 12.0 Å². The molecule has 0 bridgehead atoms.